The van der Waals surface area contributed by atoms with E-state index in [1.807, 2.05) is 24.3 Å². The quantitative estimate of drug-likeness (QED) is 0.579. The van der Waals surface area contributed by atoms with Crippen LogP contribution < -0.4 is 4.90 Å². The van der Waals surface area contributed by atoms with Gasteiger partial charge in [0.2, 0.25) is 0 Å². The van der Waals surface area contributed by atoms with Gasteiger partial charge in [-0.1, -0.05) is 55.0 Å². The van der Waals surface area contributed by atoms with Crippen LogP contribution in [0, 0.1) is 0 Å². The fraction of sp³-hybridized carbons (Fsp3) is 0.353. The summed E-state index contributed by atoms with van der Waals surface area (Å²) < 4.78 is 0.587. The number of likely N-dealkylation sites (N-methyl/N-ethyl adjacent to an activating group) is 1. The number of anilines is 1. The summed E-state index contributed by atoms with van der Waals surface area (Å²) >= 11 is 6.72. The second kappa shape index (κ2) is 5.46. The maximum atomic E-state index is 12.9. The third-order valence-electron chi connectivity index (χ3n) is 4.77. The fourth-order valence-corrected chi connectivity index (χ4v) is 5.07. The molecular weight excluding hydrogens is 328 g/mol. The first-order valence-electron chi connectivity index (χ1n) is 7.76. The SMILES string of the molecule is CN1C(=O)/C(=C2/SC(=S)N(C3CCCC3)C2=O)c2ccccc21. The summed E-state index contributed by atoms with van der Waals surface area (Å²) in [5.41, 5.74) is 2.17. The van der Waals surface area contributed by atoms with E-state index in [0.717, 1.165) is 36.9 Å². The summed E-state index contributed by atoms with van der Waals surface area (Å²) in [7, 11) is 1.74. The molecule has 118 valence electrons. The number of fused-ring (bicyclic) bond motifs is 1. The minimum atomic E-state index is -0.127. The zero-order valence-electron chi connectivity index (χ0n) is 12.7. The molecule has 2 amide bonds. The number of hydrogen-bond acceptors (Lipinski definition) is 4. The Morgan fingerprint density at radius 3 is 2.57 bits per heavy atom. The smallest absolute Gasteiger partial charge is 0.267 e. The Hall–Kier alpha value is -1.66. The second-order valence-corrected chi connectivity index (χ2v) is 7.71. The number of hydrogen-bond donors (Lipinski definition) is 0. The number of thioether (sulfide) groups is 1. The molecule has 1 aliphatic carbocycles. The van der Waals surface area contributed by atoms with Crippen molar-refractivity contribution in [1.82, 2.24) is 4.90 Å². The van der Waals surface area contributed by atoms with Gasteiger partial charge in [0, 0.05) is 18.7 Å². The molecule has 4 rings (SSSR count). The fourth-order valence-electron chi connectivity index (χ4n) is 3.60. The van der Waals surface area contributed by atoms with Crippen molar-refractivity contribution < 1.29 is 9.59 Å². The van der Waals surface area contributed by atoms with Crippen LogP contribution in [0.1, 0.15) is 31.2 Å². The van der Waals surface area contributed by atoms with Crippen LogP contribution in [0.5, 0.6) is 0 Å². The molecule has 23 heavy (non-hydrogen) atoms. The molecule has 6 heteroatoms. The Morgan fingerprint density at radius 2 is 1.83 bits per heavy atom. The number of nitrogens with zero attached hydrogens (tertiary/aromatic N) is 2. The molecule has 1 saturated carbocycles. The standard InChI is InChI=1S/C17H16N2O2S2/c1-18-12-9-5-4-8-11(12)13(15(18)20)14-16(21)19(17(22)23-14)10-6-2-3-7-10/h4-5,8-10H,2-3,6-7H2,1H3/b14-13+. The molecule has 0 atom stereocenters. The highest BCUT2D eigenvalue weighted by Crippen LogP contribution is 2.45. The monoisotopic (exact) mass is 344 g/mol. The van der Waals surface area contributed by atoms with Crippen molar-refractivity contribution in [2.75, 3.05) is 11.9 Å². The van der Waals surface area contributed by atoms with Gasteiger partial charge < -0.3 is 4.90 Å². The molecule has 2 aliphatic heterocycles. The molecule has 2 fully saturated rings. The van der Waals surface area contributed by atoms with E-state index in [1.54, 1.807) is 16.8 Å². The van der Waals surface area contributed by atoms with E-state index < -0.39 is 0 Å². The van der Waals surface area contributed by atoms with Crippen molar-refractivity contribution in [3.63, 3.8) is 0 Å². The molecule has 0 N–H and O–H groups in total. The van der Waals surface area contributed by atoms with Crippen LogP contribution in [0.4, 0.5) is 5.69 Å². The number of benzene rings is 1. The Balaban J connectivity index is 1.81. The van der Waals surface area contributed by atoms with E-state index in [9.17, 15) is 9.59 Å². The first-order valence-corrected chi connectivity index (χ1v) is 8.99. The van der Waals surface area contributed by atoms with Crippen LogP contribution in [-0.4, -0.2) is 34.1 Å². The van der Waals surface area contributed by atoms with E-state index in [-0.39, 0.29) is 17.9 Å². The lowest BCUT2D eigenvalue weighted by Crippen LogP contribution is -2.37. The number of carbonyl (C=O) groups excluding carboxylic acids is 2. The third kappa shape index (κ3) is 2.16. The minimum Gasteiger partial charge on any atom is -0.311 e. The summed E-state index contributed by atoms with van der Waals surface area (Å²) in [6.45, 7) is 0. The lowest BCUT2D eigenvalue weighted by atomic mass is 10.1. The predicted octanol–water partition coefficient (Wildman–Crippen LogP) is 3.18. The molecule has 0 unspecified atom stereocenters. The van der Waals surface area contributed by atoms with Crippen molar-refractivity contribution in [3.05, 3.63) is 34.7 Å². The molecule has 2 heterocycles. The van der Waals surface area contributed by atoms with Crippen molar-refractivity contribution in [1.29, 1.82) is 0 Å². The first-order chi connectivity index (χ1) is 11.1. The Morgan fingerprint density at radius 1 is 1.13 bits per heavy atom. The summed E-state index contributed by atoms with van der Waals surface area (Å²) in [4.78, 5) is 29.4. The molecule has 0 bridgehead atoms. The van der Waals surface area contributed by atoms with Crippen molar-refractivity contribution >= 4 is 51.4 Å². The molecule has 1 aromatic rings. The van der Waals surface area contributed by atoms with Gasteiger partial charge in [0.05, 0.1) is 16.2 Å². The Labute approximate surface area is 144 Å². The van der Waals surface area contributed by atoms with Gasteiger partial charge in [-0.15, -0.1) is 0 Å². The largest absolute Gasteiger partial charge is 0.311 e. The van der Waals surface area contributed by atoms with Crippen LogP contribution in [0.25, 0.3) is 5.57 Å². The lowest BCUT2D eigenvalue weighted by Gasteiger charge is -2.22. The highest BCUT2D eigenvalue weighted by Gasteiger charge is 2.43. The number of amides is 2. The van der Waals surface area contributed by atoms with Crippen LogP contribution in [0.3, 0.4) is 0 Å². The number of carbonyl (C=O) groups is 2. The number of rotatable bonds is 1. The average molecular weight is 344 g/mol. The van der Waals surface area contributed by atoms with E-state index in [1.165, 1.54) is 11.8 Å². The van der Waals surface area contributed by atoms with Crippen LogP contribution in [-0.2, 0) is 9.59 Å². The van der Waals surface area contributed by atoms with Gasteiger partial charge in [-0.25, -0.2) is 0 Å². The number of para-hydroxylation sites is 1. The normalized spacial score (nSPS) is 25.0. The summed E-state index contributed by atoms with van der Waals surface area (Å²) in [6.07, 6.45) is 4.27. The van der Waals surface area contributed by atoms with Crippen LogP contribution in [0.15, 0.2) is 29.2 Å². The summed E-state index contributed by atoms with van der Waals surface area (Å²) in [6, 6.07) is 7.79. The first kappa shape index (κ1) is 14.9. The van der Waals surface area contributed by atoms with Crippen LogP contribution >= 0.6 is 24.0 Å². The predicted molar refractivity (Wildman–Crippen MR) is 96.1 cm³/mol. The minimum absolute atomic E-state index is 0.0969. The highest BCUT2D eigenvalue weighted by atomic mass is 32.2. The van der Waals surface area contributed by atoms with Crippen molar-refractivity contribution in [3.8, 4) is 0 Å². The number of thiocarbonyl (C=S) groups is 1. The van der Waals surface area contributed by atoms with Gasteiger partial charge in [0.25, 0.3) is 11.8 Å². The molecule has 4 nitrogen and oxygen atoms in total. The van der Waals surface area contributed by atoms with Gasteiger partial charge in [-0.05, 0) is 18.9 Å². The maximum absolute atomic E-state index is 12.9. The zero-order valence-corrected chi connectivity index (χ0v) is 14.4. The van der Waals surface area contributed by atoms with E-state index in [0.29, 0.717) is 14.8 Å². The second-order valence-electron chi connectivity index (χ2n) is 6.07. The molecule has 0 radical (unpaired) electrons. The zero-order chi connectivity index (χ0) is 16.1. The van der Waals surface area contributed by atoms with Crippen LogP contribution in [0.2, 0.25) is 0 Å². The topological polar surface area (TPSA) is 40.6 Å². The van der Waals surface area contributed by atoms with Gasteiger partial charge in [-0.3, -0.25) is 14.5 Å². The Kier molecular flexibility index (Phi) is 3.54. The van der Waals surface area contributed by atoms with Gasteiger partial charge >= 0.3 is 0 Å². The van der Waals surface area contributed by atoms with Gasteiger partial charge in [-0.2, -0.15) is 0 Å². The molecule has 1 saturated heterocycles. The highest BCUT2D eigenvalue weighted by molar-refractivity contribution is 8.26. The molecule has 3 aliphatic rings. The van der Waals surface area contributed by atoms with Crippen molar-refractivity contribution in [2.45, 2.75) is 31.7 Å². The molecule has 0 aromatic heterocycles. The van der Waals surface area contributed by atoms with Crippen molar-refractivity contribution in [2.24, 2.45) is 0 Å². The Bertz CT molecular complexity index is 766. The lowest BCUT2D eigenvalue weighted by molar-refractivity contribution is -0.123. The summed E-state index contributed by atoms with van der Waals surface area (Å²) in [5.74, 6) is -0.224. The third-order valence-corrected chi connectivity index (χ3v) is 6.17. The molecule has 1 aromatic carbocycles. The van der Waals surface area contributed by atoms with E-state index >= 15 is 0 Å². The summed E-state index contributed by atoms with van der Waals surface area (Å²) in [5, 5.41) is 0. The molecule has 0 spiro atoms. The average Bonchev–Trinajstić information content (AvgIpc) is 3.21. The van der Waals surface area contributed by atoms with E-state index in [4.69, 9.17) is 12.2 Å². The molecular formula is C17H16N2O2S2. The van der Waals surface area contributed by atoms with Gasteiger partial charge in [0.1, 0.15) is 4.32 Å². The maximum Gasteiger partial charge on any atom is 0.267 e. The van der Waals surface area contributed by atoms with E-state index in [2.05, 4.69) is 0 Å². The van der Waals surface area contributed by atoms with Gasteiger partial charge in [0.15, 0.2) is 0 Å².